The van der Waals surface area contributed by atoms with Crippen LogP contribution in [0.3, 0.4) is 0 Å². The largest absolute Gasteiger partial charge is 0.493 e. The second-order valence-electron chi connectivity index (χ2n) is 7.04. The highest BCUT2D eigenvalue weighted by molar-refractivity contribution is 6.06. The summed E-state index contributed by atoms with van der Waals surface area (Å²) in [6, 6.07) is 8.70. The molecule has 0 aliphatic heterocycles. The van der Waals surface area contributed by atoms with Crippen molar-refractivity contribution < 1.29 is 24.0 Å². The molecule has 2 aromatic carbocycles. The van der Waals surface area contributed by atoms with Crippen LogP contribution in [0.5, 0.6) is 11.5 Å². The molecular weight excluding hydrogens is 446 g/mol. The van der Waals surface area contributed by atoms with Crippen LogP contribution in [-0.2, 0) is 6.54 Å². The van der Waals surface area contributed by atoms with Gasteiger partial charge in [-0.15, -0.1) is 0 Å². The fourth-order valence-electron chi connectivity index (χ4n) is 3.32. The van der Waals surface area contributed by atoms with Gasteiger partial charge in [0.2, 0.25) is 0 Å². The number of nitro benzene ring substituents is 1. The Balaban J connectivity index is 1.93. The molecule has 0 aliphatic rings. The van der Waals surface area contributed by atoms with Crippen molar-refractivity contribution in [1.82, 2.24) is 20.6 Å². The first-order valence-electron chi connectivity index (χ1n) is 10.4. The van der Waals surface area contributed by atoms with E-state index in [2.05, 4.69) is 16.0 Å². The molecule has 0 aliphatic carbocycles. The van der Waals surface area contributed by atoms with Gasteiger partial charge >= 0.3 is 0 Å². The molecule has 178 valence electrons. The fourth-order valence-corrected chi connectivity index (χ4v) is 3.32. The summed E-state index contributed by atoms with van der Waals surface area (Å²) in [6.45, 7) is 4.10. The Kier molecular flexibility index (Phi) is 7.41. The number of hydrogen-bond acceptors (Lipinski definition) is 8. The van der Waals surface area contributed by atoms with Crippen LogP contribution >= 0.6 is 0 Å². The van der Waals surface area contributed by atoms with Crippen LogP contribution in [-0.4, -0.2) is 40.2 Å². The highest BCUT2D eigenvalue weighted by atomic mass is 16.6. The molecule has 1 heterocycles. The van der Waals surface area contributed by atoms with Gasteiger partial charge in [0.15, 0.2) is 17.2 Å². The first-order valence-corrected chi connectivity index (χ1v) is 10.4. The Morgan fingerprint density at radius 1 is 1.09 bits per heavy atom. The minimum Gasteiger partial charge on any atom is -0.493 e. The summed E-state index contributed by atoms with van der Waals surface area (Å²) in [5.41, 5.74) is 3.08. The van der Waals surface area contributed by atoms with E-state index in [9.17, 15) is 24.5 Å². The third kappa shape index (κ3) is 4.80. The molecule has 3 aromatic rings. The van der Waals surface area contributed by atoms with Crippen LogP contribution in [0.4, 0.5) is 5.69 Å². The molecular formula is C22H23N5O7. The first kappa shape index (κ1) is 24.2. The number of benzene rings is 2. The molecule has 1 aromatic heterocycles. The van der Waals surface area contributed by atoms with Gasteiger partial charge < -0.3 is 9.47 Å². The molecule has 2 amide bonds. The van der Waals surface area contributed by atoms with Crippen molar-refractivity contribution in [3.8, 4) is 11.5 Å². The lowest BCUT2D eigenvalue weighted by Gasteiger charge is -2.13. The number of fused-ring (bicyclic) bond motifs is 1. The lowest BCUT2D eigenvalue weighted by atomic mass is 10.1. The number of methoxy groups -OCH3 is 1. The predicted octanol–water partition coefficient (Wildman–Crippen LogP) is 2.20. The van der Waals surface area contributed by atoms with Crippen LogP contribution in [0.2, 0.25) is 0 Å². The lowest BCUT2D eigenvalue weighted by molar-refractivity contribution is -0.385. The smallest absolute Gasteiger partial charge is 0.290 e. The number of nitrogens with one attached hydrogen (secondary N) is 2. The zero-order valence-corrected chi connectivity index (χ0v) is 18.8. The molecule has 0 bridgehead atoms. The van der Waals surface area contributed by atoms with E-state index in [0.29, 0.717) is 23.7 Å². The molecule has 0 fully saturated rings. The van der Waals surface area contributed by atoms with Gasteiger partial charge in [-0.2, -0.15) is 5.10 Å². The van der Waals surface area contributed by atoms with Crippen LogP contribution in [0, 0.1) is 10.1 Å². The molecule has 0 saturated carbocycles. The van der Waals surface area contributed by atoms with Gasteiger partial charge in [0.1, 0.15) is 5.56 Å². The Morgan fingerprint density at radius 2 is 1.76 bits per heavy atom. The Labute approximate surface area is 193 Å². The molecule has 0 radical (unpaired) electrons. The van der Waals surface area contributed by atoms with Crippen molar-refractivity contribution in [3.63, 3.8) is 0 Å². The second-order valence-corrected chi connectivity index (χ2v) is 7.04. The summed E-state index contributed by atoms with van der Waals surface area (Å²) in [6.07, 6.45) is 0.617. The summed E-state index contributed by atoms with van der Waals surface area (Å²) >= 11 is 0. The van der Waals surface area contributed by atoms with Gasteiger partial charge in [0.05, 0.1) is 30.1 Å². The van der Waals surface area contributed by atoms with Crippen molar-refractivity contribution in [1.29, 1.82) is 0 Å². The quantitative estimate of drug-likeness (QED) is 0.376. The first-order chi connectivity index (χ1) is 16.3. The summed E-state index contributed by atoms with van der Waals surface area (Å²) in [4.78, 5) is 49.0. The van der Waals surface area contributed by atoms with E-state index in [-0.39, 0.29) is 34.9 Å². The molecule has 0 spiro atoms. The molecule has 3 rings (SSSR count). The molecule has 12 heteroatoms. The van der Waals surface area contributed by atoms with E-state index < -0.39 is 22.4 Å². The summed E-state index contributed by atoms with van der Waals surface area (Å²) in [7, 11) is 1.32. The predicted molar refractivity (Wildman–Crippen MR) is 122 cm³/mol. The molecule has 0 saturated heterocycles. The molecule has 0 atom stereocenters. The van der Waals surface area contributed by atoms with Gasteiger partial charge in [-0.1, -0.05) is 25.1 Å². The van der Waals surface area contributed by atoms with Crippen LogP contribution in [0.1, 0.15) is 41.1 Å². The third-order valence-electron chi connectivity index (χ3n) is 4.83. The minimum absolute atomic E-state index is 0.0804. The maximum Gasteiger partial charge on any atom is 0.290 e. The van der Waals surface area contributed by atoms with Crippen molar-refractivity contribution in [2.24, 2.45) is 0 Å². The zero-order chi connectivity index (χ0) is 24.8. The van der Waals surface area contributed by atoms with Crippen molar-refractivity contribution in [3.05, 3.63) is 68.1 Å². The van der Waals surface area contributed by atoms with E-state index >= 15 is 0 Å². The van der Waals surface area contributed by atoms with E-state index in [4.69, 9.17) is 9.47 Å². The van der Waals surface area contributed by atoms with Crippen LogP contribution in [0.15, 0.2) is 41.2 Å². The lowest BCUT2D eigenvalue weighted by Crippen LogP contribution is -2.43. The Hall–Kier alpha value is -4.48. The van der Waals surface area contributed by atoms with E-state index in [1.165, 1.54) is 11.8 Å². The number of aromatic nitrogens is 2. The van der Waals surface area contributed by atoms with Gasteiger partial charge in [0.25, 0.3) is 23.1 Å². The van der Waals surface area contributed by atoms with E-state index in [1.807, 2.05) is 6.92 Å². The Morgan fingerprint density at radius 3 is 2.38 bits per heavy atom. The van der Waals surface area contributed by atoms with Crippen LogP contribution < -0.4 is 25.9 Å². The van der Waals surface area contributed by atoms with E-state index in [1.54, 1.807) is 31.2 Å². The number of aryl methyl sites for hydroxylation is 1. The number of nitro groups is 1. The fraction of sp³-hybridized carbons (Fsp3) is 0.273. The number of nitrogens with zero attached hydrogens (tertiary/aromatic N) is 3. The number of carbonyl (C=O) groups excluding carboxylic acids is 2. The number of carbonyl (C=O) groups is 2. The number of hydrogen-bond donors (Lipinski definition) is 2. The highest BCUT2D eigenvalue weighted by Crippen LogP contribution is 2.34. The van der Waals surface area contributed by atoms with Gasteiger partial charge in [-0.25, -0.2) is 4.68 Å². The van der Waals surface area contributed by atoms with Crippen LogP contribution in [0.25, 0.3) is 10.8 Å². The summed E-state index contributed by atoms with van der Waals surface area (Å²) in [5.74, 6) is -1.53. The SMILES string of the molecule is CCCn1nc(C(=O)NNC(=O)c2cc(OCC)c(OC)cc2[N+](=O)[O-])c2ccccc2c1=O. The monoisotopic (exact) mass is 469 g/mol. The number of amides is 2. The van der Waals surface area contributed by atoms with E-state index in [0.717, 1.165) is 12.1 Å². The van der Waals surface area contributed by atoms with Gasteiger partial charge in [-0.3, -0.25) is 35.3 Å². The average Bonchev–Trinajstić information content (AvgIpc) is 2.84. The van der Waals surface area contributed by atoms with Crippen molar-refractivity contribution in [2.75, 3.05) is 13.7 Å². The average molecular weight is 469 g/mol. The summed E-state index contributed by atoms with van der Waals surface area (Å²) in [5, 5.41) is 16.3. The highest BCUT2D eigenvalue weighted by Gasteiger charge is 2.26. The number of hydrazine groups is 1. The van der Waals surface area contributed by atoms with Gasteiger partial charge in [0, 0.05) is 18.0 Å². The third-order valence-corrected chi connectivity index (χ3v) is 4.83. The maximum atomic E-state index is 12.9. The standard InChI is InChI=1S/C22H23N5O7/c1-4-10-26-22(30)14-9-7-6-8-13(14)19(25-26)21(29)24-23-20(28)15-11-18(34-5-2)17(33-3)12-16(15)27(31)32/h6-9,11-12H,4-5,10H2,1-3H3,(H,23,28)(H,24,29). The maximum absolute atomic E-state index is 12.9. The number of ether oxygens (including phenoxy) is 2. The normalized spacial score (nSPS) is 10.6. The Bertz CT molecular complexity index is 1320. The van der Waals surface area contributed by atoms with Crippen molar-refractivity contribution in [2.45, 2.75) is 26.8 Å². The zero-order valence-electron chi connectivity index (χ0n) is 18.8. The molecule has 12 nitrogen and oxygen atoms in total. The van der Waals surface area contributed by atoms with Gasteiger partial charge in [-0.05, 0) is 19.4 Å². The molecule has 0 unspecified atom stereocenters. The van der Waals surface area contributed by atoms with Crippen molar-refractivity contribution >= 4 is 28.3 Å². The second kappa shape index (κ2) is 10.4. The topological polar surface area (TPSA) is 155 Å². The number of rotatable bonds is 8. The minimum atomic E-state index is -0.949. The summed E-state index contributed by atoms with van der Waals surface area (Å²) < 4.78 is 11.7. The molecule has 34 heavy (non-hydrogen) atoms. The molecule has 2 N–H and O–H groups in total.